The molecule has 0 unspecified atom stereocenters. The molecule has 1 aliphatic carbocycles. The second kappa shape index (κ2) is 9.60. The van der Waals surface area contributed by atoms with E-state index in [1.165, 1.54) is 11.2 Å². The molecule has 0 saturated carbocycles. The Bertz CT molecular complexity index is 1060. The standard InChI is InChI=1S/C23H30N2O4S/c1-24(19-12-7-5-8-13-19)22(26)20-17-18-11-6-3-4-9-14-21(18)25(23(20)27)15-10-16-30(2,28)29/h5,7-8,12-13,17H,3-4,6,9-11,14-16H2,1-2H3. The molecule has 3 rings (SSSR count). The zero-order chi connectivity index (χ0) is 21.7. The maximum atomic E-state index is 13.3. The number of nitrogens with zero attached hydrogens (tertiary/aromatic N) is 2. The summed E-state index contributed by atoms with van der Waals surface area (Å²) in [6.45, 7) is 0.310. The second-order valence-electron chi connectivity index (χ2n) is 8.08. The van der Waals surface area contributed by atoms with E-state index in [4.69, 9.17) is 0 Å². The molecule has 1 aromatic heterocycles. The van der Waals surface area contributed by atoms with Crippen molar-refractivity contribution < 1.29 is 13.2 Å². The molecule has 30 heavy (non-hydrogen) atoms. The Labute approximate surface area is 178 Å². The van der Waals surface area contributed by atoms with Crippen LogP contribution in [0.15, 0.2) is 41.2 Å². The summed E-state index contributed by atoms with van der Waals surface area (Å²) in [7, 11) is -1.44. The van der Waals surface area contributed by atoms with Gasteiger partial charge in [-0.05, 0) is 55.9 Å². The monoisotopic (exact) mass is 430 g/mol. The van der Waals surface area contributed by atoms with Gasteiger partial charge in [0.1, 0.15) is 15.4 Å². The highest BCUT2D eigenvalue weighted by molar-refractivity contribution is 7.90. The van der Waals surface area contributed by atoms with Crippen LogP contribution >= 0.6 is 0 Å². The third-order valence-corrected chi connectivity index (χ3v) is 6.71. The molecule has 1 amide bonds. The third kappa shape index (κ3) is 5.39. The first-order valence-corrected chi connectivity index (χ1v) is 12.6. The number of hydrogen-bond acceptors (Lipinski definition) is 4. The largest absolute Gasteiger partial charge is 0.312 e. The fraction of sp³-hybridized carbons (Fsp3) is 0.478. The van der Waals surface area contributed by atoms with Gasteiger partial charge in [0.05, 0.1) is 5.75 Å². The van der Waals surface area contributed by atoms with Crippen LogP contribution in [0.2, 0.25) is 0 Å². The van der Waals surface area contributed by atoms with Gasteiger partial charge in [-0.1, -0.05) is 31.0 Å². The van der Waals surface area contributed by atoms with Crippen LogP contribution in [-0.4, -0.2) is 37.9 Å². The van der Waals surface area contributed by atoms with Gasteiger partial charge in [-0.25, -0.2) is 8.42 Å². The molecule has 7 heteroatoms. The molecule has 0 atom stereocenters. The van der Waals surface area contributed by atoms with Crippen LogP contribution in [0.3, 0.4) is 0 Å². The van der Waals surface area contributed by atoms with E-state index in [1.807, 2.05) is 30.3 Å². The zero-order valence-electron chi connectivity index (χ0n) is 17.8. The zero-order valence-corrected chi connectivity index (χ0v) is 18.6. The second-order valence-corrected chi connectivity index (χ2v) is 10.3. The van der Waals surface area contributed by atoms with Crippen molar-refractivity contribution in [2.45, 2.75) is 51.5 Å². The number of amides is 1. The Morgan fingerprint density at radius 1 is 1.07 bits per heavy atom. The van der Waals surface area contributed by atoms with Crippen LogP contribution < -0.4 is 10.5 Å². The van der Waals surface area contributed by atoms with Crippen molar-refractivity contribution in [3.8, 4) is 0 Å². The summed E-state index contributed by atoms with van der Waals surface area (Å²) in [5.41, 5.74) is 2.55. The Balaban J connectivity index is 2.02. The van der Waals surface area contributed by atoms with E-state index in [1.54, 1.807) is 17.7 Å². The number of carbonyl (C=O) groups excluding carboxylic acids is 1. The van der Waals surface area contributed by atoms with E-state index < -0.39 is 9.84 Å². The van der Waals surface area contributed by atoms with Crippen LogP contribution in [0.4, 0.5) is 5.69 Å². The van der Waals surface area contributed by atoms with Gasteiger partial charge in [-0.15, -0.1) is 0 Å². The minimum Gasteiger partial charge on any atom is -0.312 e. The van der Waals surface area contributed by atoms with Crippen molar-refractivity contribution >= 4 is 21.4 Å². The van der Waals surface area contributed by atoms with Crippen molar-refractivity contribution in [1.82, 2.24) is 4.57 Å². The van der Waals surface area contributed by atoms with E-state index in [0.29, 0.717) is 13.0 Å². The van der Waals surface area contributed by atoms with Gasteiger partial charge >= 0.3 is 0 Å². The predicted molar refractivity (Wildman–Crippen MR) is 120 cm³/mol. The first-order chi connectivity index (χ1) is 14.3. The minimum absolute atomic E-state index is 0.0241. The highest BCUT2D eigenvalue weighted by Crippen LogP contribution is 2.22. The average Bonchev–Trinajstić information content (AvgIpc) is 2.69. The van der Waals surface area contributed by atoms with E-state index in [-0.39, 0.29) is 22.8 Å². The average molecular weight is 431 g/mol. The molecule has 1 heterocycles. The van der Waals surface area contributed by atoms with Crippen molar-refractivity contribution in [3.63, 3.8) is 0 Å². The molecule has 1 aromatic carbocycles. The summed E-state index contributed by atoms with van der Waals surface area (Å²) in [5, 5.41) is 0. The molecule has 0 N–H and O–H groups in total. The molecule has 0 radical (unpaired) electrons. The summed E-state index contributed by atoms with van der Waals surface area (Å²) in [4.78, 5) is 28.0. The molecular formula is C23H30N2O4S. The van der Waals surface area contributed by atoms with Crippen LogP contribution in [-0.2, 0) is 29.2 Å². The maximum absolute atomic E-state index is 13.3. The number of hydrogen-bond donors (Lipinski definition) is 0. The fourth-order valence-electron chi connectivity index (χ4n) is 4.06. The van der Waals surface area contributed by atoms with E-state index in [0.717, 1.165) is 55.5 Å². The molecule has 162 valence electrons. The molecule has 0 aliphatic heterocycles. The summed E-state index contributed by atoms with van der Waals surface area (Å²) < 4.78 is 24.8. The molecule has 0 fully saturated rings. The van der Waals surface area contributed by atoms with Crippen LogP contribution in [0.25, 0.3) is 0 Å². The lowest BCUT2D eigenvalue weighted by atomic mass is 9.95. The van der Waals surface area contributed by atoms with E-state index in [9.17, 15) is 18.0 Å². The summed E-state index contributed by atoms with van der Waals surface area (Å²) >= 11 is 0. The normalized spacial score (nSPS) is 14.5. The van der Waals surface area contributed by atoms with Crippen molar-refractivity contribution in [2.75, 3.05) is 24.0 Å². The molecule has 0 spiro atoms. The number of pyridine rings is 1. The number of fused-ring (bicyclic) bond motifs is 1. The van der Waals surface area contributed by atoms with Crippen molar-refractivity contribution in [2.24, 2.45) is 0 Å². The van der Waals surface area contributed by atoms with Gasteiger partial charge in [0, 0.05) is 31.2 Å². The SMILES string of the molecule is CN(C(=O)c1cc2c(n(CCCS(C)(=O)=O)c1=O)CCCCCC2)c1ccccc1. The van der Waals surface area contributed by atoms with Gasteiger partial charge in [-0.3, -0.25) is 9.59 Å². The summed E-state index contributed by atoms with van der Waals surface area (Å²) in [5.74, 6) is -0.316. The smallest absolute Gasteiger partial charge is 0.263 e. The van der Waals surface area contributed by atoms with Gasteiger partial charge in [0.25, 0.3) is 11.5 Å². The Morgan fingerprint density at radius 2 is 1.73 bits per heavy atom. The fourth-order valence-corrected chi connectivity index (χ4v) is 4.71. The first-order valence-electron chi connectivity index (χ1n) is 10.5. The molecule has 0 saturated heterocycles. The number of carbonyl (C=O) groups is 1. The van der Waals surface area contributed by atoms with Gasteiger partial charge < -0.3 is 9.47 Å². The van der Waals surface area contributed by atoms with Crippen molar-refractivity contribution in [1.29, 1.82) is 0 Å². The number of rotatable bonds is 6. The maximum Gasteiger partial charge on any atom is 0.263 e. The predicted octanol–water partition coefficient (Wildman–Crippen LogP) is 3.22. The first kappa shape index (κ1) is 22.3. The molecule has 2 aromatic rings. The van der Waals surface area contributed by atoms with Crippen LogP contribution in [0.5, 0.6) is 0 Å². The number of benzene rings is 1. The lowest BCUT2D eigenvalue weighted by molar-refractivity contribution is 0.0990. The number of anilines is 1. The van der Waals surface area contributed by atoms with Gasteiger partial charge in [0.15, 0.2) is 0 Å². The lowest BCUT2D eigenvalue weighted by Crippen LogP contribution is -2.36. The van der Waals surface area contributed by atoms with E-state index >= 15 is 0 Å². The summed E-state index contributed by atoms with van der Waals surface area (Å²) in [6.07, 6.45) is 7.46. The topological polar surface area (TPSA) is 76.5 Å². The Hall–Kier alpha value is -2.41. The van der Waals surface area contributed by atoms with Gasteiger partial charge in [-0.2, -0.15) is 0 Å². The third-order valence-electron chi connectivity index (χ3n) is 5.68. The van der Waals surface area contributed by atoms with Crippen LogP contribution in [0.1, 0.15) is 53.7 Å². The van der Waals surface area contributed by atoms with Crippen molar-refractivity contribution in [3.05, 3.63) is 63.6 Å². The molecule has 6 nitrogen and oxygen atoms in total. The summed E-state index contributed by atoms with van der Waals surface area (Å²) in [6, 6.07) is 11.0. The number of para-hydroxylation sites is 1. The molecular weight excluding hydrogens is 400 g/mol. The Kier molecular flexibility index (Phi) is 7.13. The Morgan fingerprint density at radius 3 is 2.40 bits per heavy atom. The highest BCUT2D eigenvalue weighted by atomic mass is 32.2. The van der Waals surface area contributed by atoms with E-state index in [2.05, 4.69) is 0 Å². The number of sulfone groups is 1. The molecule has 1 aliphatic rings. The quantitative estimate of drug-likeness (QED) is 0.705. The number of aromatic nitrogens is 1. The van der Waals surface area contributed by atoms with Crippen LogP contribution in [0, 0.1) is 0 Å². The number of aryl methyl sites for hydroxylation is 1. The minimum atomic E-state index is -3.11. The lowest BCUT2D eigenvalue weighted by Gasteiger charge is -2.23. The van der Waals surface area contributed by atoms with Gasteiger partial charge in [0.2, 0.25) is 0 Å². The highest BCUT2D eigenvalue weighted by Gasteiger charge is 2.23. The molecule has 0 bridgehead atoms.